The summed E-state index contributed by atoms with van der Waals surface area (Å²) >= 11 is 0. The number of carbonyl (C=O) groups is 1. The summed E-state index contributed by atoms with van der Waals surface area (Å²) in [5.41, 5.74) is -1.07. The molecule has 0 saturated heterocycles. The van der Waals surface area contributed by atoms with E-state index in [1.54, 1.807) is 0 Å². The number of aliphatic hydroxyl groups excluding tert-OH is 1. The SMILES string of the molecule is O=C(O)NC(CO)Cn1cnc(C(F)(F)F)c1. The number of amides is 1. The number of halogens is 3. The van der Waals surface area contributed by atoms with Crippen LogP contribution in [0.25, 0.3) is 0 Å². The molecule has 1 atom stereocenters. The van der Waals surface area contributed by atoms with Crippen molar-refractivity contribution in [2.24, 2.45) is 0 Å². The summed E-state index contributed by atoms with van der Waals surface area (Å²) in [6.07, 6.45) is -4.23. The predicted molar refractivity (Wildman–Crippen MR) is 49.3 cm³/mol. The minimum absolute atomic E-state index is 0.133. The third-order valence-corrected chi connectivity index (χ3v) is 1.90. The zero-order chi connectivity index (χ0) is 13.1. The van der Waals surface area contributed by atoms with Crippen molar-refractivity contribution in [1.82, 2.24) is 14.9 Å². The molecule has 0 fully saturated rings. The second-order valence-corrected chi connectivity index (χ2v) is 3.28. The molecule has 0 bridgehead atoms. The number of imidazole rings is 1. The Kier molecular flexibility index (Phi) is 3.94. The van der Waals surface area contributed by atoms with E-state index in [-0.39, 0.29) is 6.54 Å². The number of hydrogen-bond acceptors (Lipinski definition) is 3. The van der Waals surface area contributed by atoms with Gasteiger partial charge in [-0.15, -0.1) is 0 Å². The van der Waals surface area contributed by atoms with E-state index in [1.807, 2.05) is 5.32 Å². The van der Waals surface area contributed by atoms with Crippen LogP contribution in [-0.4, -0.2) is 38.5 Å². The first kappa shape index (κ1) is 13.3. The highest BCUT2D eigenvalue weighted by atomic mass is 19.4. The number of aliphatic hydroxyl groups is 1. The maximum absolute atomic E-state index is 12.2. The molecule has 0 aliphatic rings. The van der Waals surface area contributed by atoms with Crippen LogP contribution >= 0.6 is 0 Å². The highest BCUT2D eigenvalue weighted by Gasteiger charge is 2.33. The third-order valence-electron chi connectivity index (χ3n) is 1.90. The van der Waals surface area contributed by atoms with E-state index >= 15 is 0 Å². The normalized spacial score (nSPS) is 13.4. The second kappa shape index (κ2) is 5.04. The molecule has 17 heavy (non-hydrogen) atoms. The van der Waals surface area contributed by atoms with Crippen molar-refractivity contribution in [3.8, 4) is 0 Å². The van der Waals surface area contributed by atoms with Crippen LogP contribution in [0.3, 0.4) is 0 Å². The van der Waals surface area contributed by atoms with Crippen LogP contribution in [0.15, 0.2) is 12.5 Å². The first-order valence-corrected chi connectivity index (χ1v) is 4.52. The highest BCUT2D eigenvalue weighted by molar-refractivity contribution is 5.64. The van der Waals surface area contributed by atoms with E-state index in [2.05, 4.69) is 4.98 Å². The van der Waals surface area contributed by atoms with Crippen molar-refractivity contribution < 1.29 is 28.2 Å². The predicted octanol–water partition coefficient (Wildman–Crippen LogP) is 0.530. The quantitative estimate of drug-likeness (QED) is 0.730. The summed E-state index contributed by atoms with van der Waals surface area (Å²) in [6.45, 7) is -0.655. The molecule has 1 unspecified atom stereocenters. The fraction of sp³-hybridized carbons (Fsp3) is 0.500. The molecular formula is C8H10F3N3O3. The van der Waals surface area contributed by atoms with Gasteiger partial charge in [0.15, 0.2) is 5.69 Å². The van der Waals surface area contributed by atoms with Gasteiger partial charge < -0.3 is 20.1 Å². The fourth-order valence-corrected chi connectivity index (χ4v) is 1.18. The summed E-state index contributed by atoms with van der Waals surface area (Å²) in [5, 5.41) is 19.2. The van der Waals surface area contributed by atoms with E-state index in [0.29, 0.717) is 0 Å². The lowest BCUT2D eigenvalue weighted by atomic mass is 10.3. The Morgan fingerprint density at radius 2 is 2.24 bits per heavy atom. The van der Waals surface area contributed by atoms with Crippen molar-refractivity contribution in [2.45, 2.75) is 18.8 Å². The molecule has 0 spiro atoms. The van der Waals surface area contributed by atoms with E-state index in [0.717, 1.165) is 17.1 Å². The minimum atomic E-state index is -4.54. The van der Waals surface area contributed by atoms with Gasteiger partial charge in [-0.25, -0.2) is 9.78 Å². The molecule has 0 radical (unpaired) electrons. The molecule has 0 aromatic carbocycles. The molecule has 0 saturated carbocycles. The highest BCUT2D eigenvalue weighted by Crippen LogP contribution is 2.27. The Morgan fingerprint density at radius 3 is 2.65 bits per heavy atom. The van der Waals surface area contributed by atoms with Gasteiger partial charge in [0.25, 0.3) is 0 Å². The zero-order valence-electron chi connectivity index (χ0n) is 8.48. The summed E-state index contributed by atoms with van der Waals surface area (Å²) in [4.78, 5) is 13.4. The molecule has 0 aliphatic carbocycles. The summed E-state index contributed by atoms with van der Waals surface area (Å²) in [7, 11) is 0. The Labute approximate surface area is 93.7 Å². The summed E-state index contributed by atoms with van der Waals surface area (Å²) in [6, 6.07) is -0.886. The average Bonchev–Trinajstić information content (AvgIpc) is 2.63. The lowest BCUT2D eigenvalue weighted by Gasteiger charge is -2.14. The lowest BCUT2D eigenvalue weighted by Crippen LogP contribution is -2.39. The van der Waals surface area contributed by atoms with Crippen molar-refractivity contribution in [3.63, 3.8) is 0 Å². The van der Waals surface area contributed by atoms with Crippen molar-refractivity contribution >= 4 is 6.09 Å². The van der Waals surface area contributed by atoms with Gasteiger partial charge >= 0.3 is 12.3 Å². The van der Waals surface area contributed by atoms with Gasteiger partial charge in [0.1, 0.15) is 0 Å². The standard InChI is InChI=1S/C8H10F3N3O3/c9-8(10,11)6-2-14(4-12-6)1-5(3-15)13-7(16)17/h2,4-5,13,15H,1,3H2,(H,16,17). The first-order chi connectivity index (χ1) is 7.82. The van der Waals surface area contributed by atoms with Crippen LogP contribution in [0, 0.1) is 0 Å². The van der Waals surface area contributed by atoms with Gasteiger partial charge in [-0.2, -0.15) is 13.2 Å². The molecule has 1 heterocycles. The maximum atomic E-state index is 12.2. The fourth-order valence-electron chi connectivity index (χ4n) is 1.18. The molecule has 1 aromatic heterocycles. The number of nitrogens with zero attached hydrogens (tertiary/aromatic N) is 2. The Balaban J connectivity index is 2.68. The Hall–Kier alpha value is -1.77. The second-order valence-electron chi connectivity index (χ2n) is 3.28. The number of alkyl halides is 3. The van der Waals surface area contributed by atoms with E-state index < -0.39 is 30.6 Å². The monoisotopic (exact) mass is 253 g/mol. The van der Waals surface area contributed by atoms with Gasteiger partial charge in [-0.05, 0) is 0 Å². The van der Waals surface area contributed by atoms with Crippen molar-refractivity contribution in [1.29, 1.82) is 0 Å². The van der Waals surface area contributed by atoms with Crippen LogP contribution in [0.5, 0.6) is 0 Å². The molecule has 1 aromatic rings. The summed E-state index contributed by atoms with van der Waals surface area (Å²) in [5.74, 6) is 0. The third kappa shape index (κ3) is 3.94. The molecule has 96 valence electrons. The maximum Gasteiger partial charge on any atom is 0.434 e. The number of hydrogen-bond donors (Lipinski definition) is 3. The Morgan fingerprint density at radius 1 is 1.59 bits per heavy atom. The van der Waals surface area contributed by atoms with E-state index in [4.69, 9.17) is 10.2 Å². The topological polar surface area (TPSA) is 87.4 Å². The van der Waals surface area contributed by atoms with Gasteiger partial charge in [-0.3, -0.25) is 0 Å². The lowest BCUT2D eigenvalue weighted by molar-refractivity contribution is -0.141. The van der Waals surface area contributed by atoms with Crippen LogP contribution < -0.4 is 5.32 Å². The zero-order valence-corrected chi connectivity index (χ0v) is 8.48. The first-order valence-electron chi connectivity index (χ1n) is 4.52. The molecule has 1 amide bonds. The number of carboxylic acid groups (broad SMARTS) is 1. The average molecular weight is 253 g/mol. The van der Waals surface area contributed by atoms with Crippen LogP contribution in [0.4, 0.5) is 18.0 Å². The van der Waals surface area contributed by atoms with Crippen molar-refractivity contribution in [2.75, 3.05) is 6.61 Å². The van der Waals surface area contributed by atoms with Gasteiger partial charge in [-0.1, -0.05) is 0 Å². The minimum Gasteiger partial charge on any atom is -0.465 e. The number of rotatable bonds is 4. The molecule has 6 nitrogen and oxygen atoms in total. The van der Waals surface area contributed by atoms with Gasteiger partial charge in [0, 0.05) is 12.7 Å². The number of nitrogens with one attached hydrogen (secondary N) is 1. The Bertz CT molecular complexity index is 391. The summed E-state index contributed by atoms with van der Waals surface area (Å²) < 4.78 is 37.6. The molecular weight excluding hydrogens is 243 g/mol. The van der Waals surface area contributed by atoms with Crippen LogP contribution in [0.1, 0.15) is 5.69 Å². The van der Waals surface area contributed by atoms with Gasteiger partial charge in [0.2, 0.25) is 0 Å². The smallest absolute Gasteiger partial charge is 0.434 e. The van der Waals surface area contributed by atoms with Crippen LogP contribution in [0.2, 0.25) is 0 Å². The molecule has 3 N–H and O–H groups in total. The largest absolute Gasteiger partial charge is 0.465 e. The van der Waals surface area contributed by atoms with Crippen molar-refractivity contribution in [3.05, 3.63) is 18.2 Å². The molecule has 0 aliphatic heterocycles. The molecule has 9 heteroatoms. The van der Waals surface area contributed by atoms with Crippen LogP contribution in [-0.2, 0) is 12.7 Å². The van der Waals surface area contributed by atoms with E-state index in [9.17, 15) is 18.0 Å². The molecule has 1 rings (SSSR count). The van der Waals surface area contributed by atoms with E-state index in [1.165, 1.54) is 0 Å². The number of aromatic nitrogens is 2. The van der Waals surface area contributed by atoms with Gasteiger partial charge in [0.05, 0.1) is 19.0 Å².